The van der Waals surface area contributed by atoms with Crippen LogP contribution in [0.1, 0.15) is 34.6 Å². The minimum atomic E-state index is -0.0981. The fourth-order valence-corrected chi connectivity index (χ4v) is 4.46. The maximum Gasteiger partial charge on any atom is 0.321 e. The number of aryl methyl sites for hydroxylation is 1. The number of piperidine rings is 1. The van der Waals surface area contributed by atoms with Crippen LogP contribution in [0, 0.1) is 13.8 Å². The lowest BCUT2D eigenvalue weighted by molar-refractivity contribution is 0.0918. The third kappa shape index (κ3) is 4.88. The lowest BCUT2D eigenvalue weighted by atomic mass is 10.0. The van der Waals surface area contributed by atoms with Crippen LogP contribution in [-0.4, -0.2) is 40.5 Å². The van der Waals surface area contributed by atoms with E-state index in [0.29, 0.717) is 18.7 Å². The van der Waals surface area contributed by atoms with Crippen molar-refractivity contribution in [2.45, 2.75) is 32.7 Å². The Labute approximate surface area is 196 Å². The summed E-state index contributed by atoms with van der Waals surface area (Å²) in [5.74, 6) is -0.0614. The SMILES string of the molecule is Cc1cc(C(=O)NC2CCN(C(=O)Nc3ccccc3)CC2)c(C)n1-c1ccc(Br)cc1. The van der Waals surface area contributed by atoms with Crippen LogP contribution in [0.5, 0.6) is 0 Å². The Morgan fingerprint density at radius 2 is 1.62 bits per heavy atom. The summed E-state index contributed by atoms with van der Waals surface area (Å²) in [7, 11) is 0. The largest absolute Gasteiger partial charge is 0.349 e. The van der Waals surface area contributed by atoms with Gasteiger partial charge in [-0.2, -0.15) is 0 Å². The first kappa shape index (κ1) is 22.1. The molecule has 0 spiro atoms. The molecule has 6 nitrogen and oxygen atoms in total. The number of halogens is 1. The fourth-order valence-electron chi connectivity index (χ4n) is 4.19. The van der Waals surface area contributed by atoms with Crippen LogP contribution < -0.4 is 10.6 Å². The number of nitrogens with zero attached hydrogens (tertiary/aromatic N) is 2. The summed E-state index contributed by atoms with van der Waals surface area (Å²) in [5, 5.41) is 6.09. The number of amides is 3. The van der Waals surface area contributed by atoms with Crippen molar-refractivity contribution in [3.63, 3.8) is 0 Å². The van der Waals surface area contributed by atoms with E-state index in [1.54, 1.807) is 4.90 Å². The molecule has 1 aliphatic heterocycles. The van der Waals surface area contributed by atoms with Crippen molar-refractivity contribution in [3.8, 4) is 5.69 Å². The van der Waals surface area contributed by atoms with Crippen molar-refractivity contribution in [1.82, 2.24) is 14.8 Å². The second-order valence-corrected chi connectivity index (χ2v) is 9.04. The van der Waals surface area contributed by atoms with Crippen molar-refractivity contribution in [1.29, 1.82) is 0 Å². The van der Waals surface area contributed by atoms with Gasteiger partial charge in [0, 0.05) is 46.4 Å². The molecule has 0 unspecified atom stereocenters. The Bertz CT molecular complexity index is 1100. The molecule has 1 saturated heterocycles. The number of hydrogen-bond donors (Lipinski definition) is 2. The van der Waals surface area contributed by atoms with E-state index in [2.05, 4.69) is 31.1 Å². The van der Waals surface area contributed by atoms with Crippen molar-refractivity contribution in [2.24, 2.45) is 0 Å². The number of aromatic nitrogens is 1. The highest BCUT2D eigenvalue weighted by Gasteiger charge is 2.25. The van der Waals surface area contributed by atoms with E-state index >= 15 is 0 Å². The van der Waals surface area contributed by atoms with E-state index in [1.807, 2.05) is 74.5 Å². The molecule has 0 aliphatic carbocycles. The molecule has 4 rings (SSSR count). The van der Waals surface area contributed by atoms with Crippen LogP contribution in [-0.2, 0) is 0 Å². The zero-order valence-electron chi connectivity index (χ0n) is 18.3. The van der Waals surface area contributed by atoms with Crippen molar-refractivity contribution in [2.75, 3.05) is 18.4 Å². The number of carbonyl (C=O) groups is 2. The van der Waals surface area contributed by atoms with Gasteiger partial charge in [0.15, 0.2) is 0 Å². The molecular formula is C25H27BrN4O2. The quantitative estimate of drug-likeness (QED) is 0.517. The summed E-state index contributed by atoms with van der Waals surface area (Å²) in [4.78, 5) is 27.3. The summed E-state index contributed by atoms with van der Waals surface area (Å²) in [6.07, 6.45) is 1.47. The molecule has 1 aromatic heterocycles. The van der Waals surface area contributed by atoms with Crippen molar-refractivity contribution >= 4 is 33.6 Å². The molecule has 0 atom stereocenters. The third-order valence-corrected chi connectivity index (χ3v) is 6.43. The minimum Gasteiger partial charge on any atom is -0.349 e. The molecule has 0 radical (unpaired) electrons. The number of nitrogens with one attached hydrogen (secondary N) is 2. The lowest BCUT2D eigenvalue weighted by Gasteiger charge is -2.32. The molecule has 32 heavy (non-hydrogen) atoms. The number of urea groups is 1. The summed E-state index contributed by atoms with van der Waals surface area (Å²) >= 11 is 3.47. The van der Waals surface area contributed by atoms with Crippen LogP contribution in [0.4, 0.5) is 10.5 Å². The van der Waals surface area contributed by atoms with Gasteiger partial charge in [-0.1, -0.05) is 34.1 Å². The number of likely N-dealkylation sites (tertiary alicyclic amines) is 1. The fraction of sp³-hybridized carbons (Fsp3) is 0.280. The Kier molecular flexibility index (Phi) is 6.65. The van der Waals surface area contributed by atoms with E-state index < -0.39 is 0 Å². The third-order valence-electron chi connectivity index (χ3n) is 5.90. The summed E-state index contributed by atoms with van der Waals surface area (Å²) in [5.41, 5.74) is 4.44. The number of anilines is 1. The van der Waals surface area contributed by atoms with Crippen LogP contribution in [0.2, 0.25) is 0 Å². The van der Waals surface area contributed by atoms with Gasteiger partial charge in [-0.3, -0.25) is 4.79 Å². The molecule has 1 fully saturated rings. The molecule has 0 bridgehead atoms. The molecule has 0 saturated carbocycles. The van der Waals surface area contributed by atoms with Crippen LogP contribution in [0.3, 0.4) is 0 Å². The van der Waals surface area contributed by atoms with E-state index in [9.17, 15) is 9.59 Å². The van der Waals surface area contributed by atoms with E-state index in [0.717, 1.165) is 40.1 Å². The Hall–Kier alpha value is -3.06. The second-order valence-electron chi connectivity index (χ2n) is 8.13. The van der Waals surface area contributed by atoms with Gasteiger partial charge in [0.2, 0.25) is 0 Å². The van der Waals surface area contributed by atoms with Crippen LogP contribution in [0.25, 0.3) is 5.69 Å². The number of para-hydroxylation sites is 1. The normalized spacial score (nSPS) is 14.3. The number of carbonyl (C=O) groups excluding carboxylic acids is 2. The van der Waals surface area contributed by atoms with Crippen molar-refractivity contribution in [3.05, 3.63) is 82.1 Å². The molecule has 166 valence electrons. The molecule has 2 N–H and O–H groups in total. The topological polar surface area (TPSA) is 66.4 Å². The highest BCUT2D eigenvalue weighted by Crippen LogP contribution is 2.23. The minimum absolute atomic E-state index is 0.0546. The molecule has 2 aromatic carbocycles. The Morgan fingerprint density at radius 1 is 0.969 bits per heavy atom. The summed E-state index contributed by atoms with van der Waals surface area (Å²) in [6.45, 7) is 5.21. The number of hydrogen-bond acceptors (Lipinski definition) is 2. The highest BCUT2D eigenvalue weighted by atomic mass is 79.9. The monoisotopic (exact) mass is 494 g/mol. The maximum absolute atomic E-state index is 13.0. The Balaban J connectivity index is 1.36. The zero-order chi connectivity index (χ0) is 22.7. The standard InChI is InChI=1S/C25H27BrN4O2/c1-17-16-23(18(2)30(17)22-10-8-19(26)9-11-22)24(31)27-21-12-14-29(15-13-21)25(32)28-20-6-4-3-5-7-20/h3-11,16,21H,12-15H2,1-2H3,(H,27,31)(H,28,32). The van der Waals surface area contributed by atoms with Crippen molar-refractivity contribution < 1.29 is 9.59 Å². The average Bonchev–Trinajstić information content (AvgIpc) is 3.09. The van der Waals surface area contributed by atoms with Gasteiger partial charge >= 0.3 is 6.03 Å². The molecule has 2 heterocycles. The first-order valence-electron chi connectivity index (χ1n) is 10.8. The highest BCUT2D eigenvalue weighted by molar-refractivity contribution is 9.10. The second kappa shape index (κ2) is 9.61. The molecular weight excluding hydrogens is 468 g/mol. The number of benzene rings is 2. The smallest absolute Gasteiger partial charge is 0.321 e. The van der Waals surface area contributed by atoms with Crippen LogP contribution >= 0.6 is 15.9 Å². The van der Waals surface area contributed by atoms with Crippen LogP contribution in [0.15, 0.2) is 65.1 Å². The Morgan fingerprint density at radius 3 is 2.28 bits per heavy atom. The predicted octanol–water partition coefficient (Wildman–Crippen LogP) is 5.28. The first-order chi connectivity index (χ1) is 15.4. The van der Waals surface area contributed by atoms with E-state index in [4.69, 9.17) is 0 Å². The van der Waals surface area contributed by atoms with Gasteiger partial charge in [0.1, 0.15) is 0 Å². The van der Waals surface area contributed by atoms with Gasteiger partial charge in [-0.05, 0) is 69.2 Å². The molecule has 7 heteroatoms. The van der Waals surface area contributed by atoms with E-state index in [1.165, 1.54) is 0 Å². The van der Waals surface area contributed by atoms with E-state index in [-0.39, 0.29) is 18.0 Å². The molecule has 3 amide bonds. The van der Waals surface area contributed by atoms with Gasteiger partial charge in [0.25, 0.3) is 5.91 Å². The summed E-state index contributed by atoms with van der Waals surface area (Å²) in [6, 6.07) is 19.4. The molecule has 3 aromatic rings. The lowest BCUT2D eigenvalue weighted by Crippen LogP contribution is -2.47. The average molecular weight is 495 g/mol. The first-order valence-corrected chi connectivity index (χ1v) is 11.6. The summed E-state index contributed by atoms with van der Waals surface area (Å²) < 4.78 is 3.11. The molecule has 1 aliphatic rings. The van der Waals surface area contributed by atoms with Gasteiger partial charge in [-0.15, -0.1) is 0 Å². The predicted molar refractivity (Wildman–Crippen MR) is 130 cm³/mol. The van der Waals surface area contributed by atoms with Gasteiger partial charge in [0.05, 0.1) is 5.56 Å². The van der Waals surface area contributed by atoms with Gasteiger partial charge in [-0.25, -0.2) is 4.79 Å². The number of rotatable bonds is 4. The van der Waals surface area contributed by atoms with Gasteiger partial charge < -0.3 is 20.1 Å². The zero-order valence-corrected chi connectivity index (χ0v) is 19.9. The maximum atomic E-state index is 13.0.